The van der Waals surface area contributed by atoms with E-state index in [1.165, 1.54) is 0 Å². The molecule has 4 nitrogen and oxygen atoms in total. The first-order valence-corrected chi connectivity index (χ1v) is 7.12. The Morgan fingerprint density at radius 2 is 2.00 bits per heavy atom. The third kappa shape index (κ3) is 3.72. The Hall–Kier alpha value is -1.57. The fraction of sp³-hybridized carbons (Fsp3) is 0.562. The number of ether oxygens (including phenoxy) is 1. The number of nitrogens with zero attached hydrogens (tertiary/aromatic N) is 2. The van der Waals surface area contributed by atoms with Crippen molar-refractivity contribution in [2.24, 2.45) is 11.8 Å². The molecule has 0 amide bonds. The van der Waals surface area contributed by atoms with Gasteiger partial charge >= 0.3 is 0 Å². The Balaban J connectivity index is 1.81. The van der Waals surface area contributed by atoms with Crippen LogP contribution in [0.3, 0.4) is 0 Å². The van der Waals surface area contributed by atoms with E-state index in [0.717, 1.165) is 13.1 Å². The van der Waals surface area contributed by atoms with Gasteiger partial charge in [0.05, 0.1) is 5.56 Å². The molecule has 1 aromatic carbocycles. The number of aliphatic hydroxyl groups is 1. The van der Waals surface area contributed by atoms with Gasteiger partial charge < -0.3 is 14.7 Å². The molecule has 108 valence electrons. The van der Waals surface area contributed by atoms with Gasteiger partial charge in [0, 0.05) is 19.6 Å². The van der Waals surface area contributed by atoms with Crippen molar-refractivity contribution >= 4 is 0 Å². The largest absolute Gasteiger partial charge is 0.489 e. The highest BCUT2D eigenvalue weighted by atomic mass is 16.5. The lowest BCUT2D eigenvalue weighted by Crippen LogP contribution is -2.34. The number of hydrogen-bond acceptors (Lipinski definition) is 4. The molecule has 1 aliphatic heterocycles. The van der Waals surface area contributed by atoms with Crippen LogP contribution in [0.4, 0.5) is 0 Å². The van der Waals surface area contributed by atoms with Crippen LogP contribution in [0, 0.1) is 23.2 Å². The van der Waals surface area contributed by atoms with Gasteiger partial charge in [-0.15, -0.1) is 0 Å². The molecule has 1 fully saturated rings. The van der Waals surface area contributed by atoms with E-state index in [2.05, 4.69) is 24.8 Å². The number of benzene rings is 1. The molecular formula is C16H22N2O2. The van der Waals surface area contributed by atoms with E-state index in [0.29, 0.717) is 29.7 Å². The van der Waals surface area contributed by atoms with E-state index in [1.807, 2.05) is 6.07 Å². The predicted molar refractivity (Wildman–Crippen MR) is 77.4 cm³/mol. The number of aliphatic hydroxyl groups excluding tert-OH is 1. The van der Waals surface area contributed by atoms with Crippen LogP contribution < -0.4 is 4.74 Å². The van der Waals surface area contributed by atoms with Crippen molar-refractivity contribution in [3.63, 3.8) is 0 Å². The molecule has 1 aliphatic rings. The van der Waals surface area contributed by atoms with Crippen molar-refractivity contribution in [2.75, 3.05) is 26.2 Å². The highest BCUT2D eigenvalue weighted by molar-refractivity contribution is 5.42. The molecule has 0 aromatic heterocycles. The summed E-state index contributed by atoms with van der Waals surface area (Å²) in [4.78, 5) is 2.28. The summed E-state index contributed by atoms with van der Waals surface area (Å²) in [5.74, 6) is 1.90. The van der Waals surface area contributed by atoms with E-state index in [4.69, 9.17) is 10.00 Å². The first-order chi connectivity index (χ1) is 9.60. The average molecular weight is 274 g/mol. The van der Waals surface area contributed by atoms with Crippen molar-refractivity contribution in [2.45, 2.75) is 20.0 Å². The molecule has 3 atom stereocenters. The van der Waals surface area contributed by atoms with Gasteiger partial charge in [-0.2, -0.15) is 5.26 Å². The maximum atomic E-state index is 10.1. The van der Waals surface area contributed by atoms with Gasteiger partial charge in [0.2, 0.25) is 0 Å². The summed E-state index contributed by atoms with van der Waals surface area (Å²) in [6.45, 7) is 7.41. The van der Waals surface area contributed by atoms with Crippen molar-refractivity contribution in [1.82, 2.24) is 4.90 Å². The Bertz CT molecular complexity index is 474. The van der Waals surface area contributed by atoms with Crippen molar-refractivity contribution in [3.8, 4) is 11.8 Å². The molecule has 0 radical (unpaired) electrons. The van der Waals surface area contributed by atoms with Crippen LogP contribution in [0.25, 0.3) is 0 Å². The van der Waals surface area contributed by atoms with Gasteiger partial charge in [-0.3, -0.25) is 0 Å². The molecule has 1 N–H and O–H groups in total. The summed E-state index contributed by atoms with van der Waals surface area (Å²) >= 11 is 0. The monoisotopic (exact) mass is 274 g/mol. The quantitative estimate of drug-likeness (QED) is 0.891. The minimum Gasteiger partial charge on any atom is -0.489 e. The minimum absolute atomic E-state index is 0.220. The molecule has 2 rings (SSSR count). The summed E-state index contributed by atoms with van der Waals surface area (Å²) in [6, 6.07) is 9.18. The van der Waals surface area contributed by atoms with Crippen LogP contribution in [0.15, 0.2) is 24.3 Å². The highest BCUT2D eigenvalue weighted by Gasteiger charge is 2.27. The van der Waals surface area contributed by atoms with E-state index in [-0.39, 0.29) is 6.61 Å². The third-order valence-electron chi connectivity index (χ3n) is 3.97. The summed E-state index contributed by atoms with van der Waals surface area (Å²) < 4.78 is 5.55. The standard InChI is InChI=1S/C16H22N2O2/c1-12-8-18(9-13(12)2)10-15(19)11-20-16-6-4-3-5-14(16)7-17/h3-6,12-13,15,19H,8-11H2,1-2H3. The molecule has 20 heavy (non-hydrogen) atoms. The van der Waals surface area contributed by atoms with Gasteiger partial charge in [0.1, 0.15) is 24.5 Å². The van der Waals surface area contributed by atoms with Crippen LogP contribution in [-0.4, -0.2) is 42.4 Å². The van der Waals surface area contributed by atoms with Crippen LogP contribution in [0.5, 0.6) is 5.75 Å². The Morgan fingerprint density at radius 1 is 1.35 bits per heavy atom. The predicted octanol–water partition coefficient (Wildman–Crippen LogP) is 1.89. The molecule has 1 heterocycles. The van der Waals surface area contributed by atoms with Crippen molar-refractivity contribution in [1.29, 1.82) is 5.26 Å². The molecule has 0 spiro atoms. The molecule has 1 saturated heterocycles. The molecule has 1 aromatic rings. The number of β-amino-alcohol motifs (C(OH)–C–C–N with tert-alkyl or cyclic N) is 1. The zero-order valence-electron chi connectivity index (χ0n) is 12.1. The number of para-hydroxylation sites is 1. The van der Waals surface area contributed by atoms with E-state index in [9.17, 15) is 5.11 Å². The average Bonchev–Trinajstić information content (AvgIpc) is 2.75. The molecule has 0 saturated carbocycles. The maximum Gasteiger partial charge on any atom is 0.137 e. The third-order valence-corrected chi connectivity index (χ3v) is 3.97. The zero-order chi connectivity index (χ0) is 14.5. The first kappa shape index (κ1) is 14.8. The molecular weight excluding hydrogens is 252 g/mol. The molecule has 0 bridgehead atoms. The van der Waals surface area contributed by atoms with E-state index < -0.39 is 6.10 Å². The Kier molecular flexibility index (Phi) is 4.99. The topological polar surface area (TPSA) is 56.5 Å². The fourth-order valence-electron chi connectivity index (χ4n) is 2.62. The number of rotatable bonds is 5. The maximum absolute atomic E-state index is 10.1. The summed E-state index contributed by atoms with van der Waals surface area (Å²) in [5.41, 5.74) is 0.503. The van der Waals surface area contributed by atoms with Crippen LogP contribution in [-0.2, 0) is 0 Å². The lowest BCUT2D eigenvalue weighted by Gasteiger charge is -2.20. The van der Waals surface area contributed by atoms with Crippen LogP contribution in [0.1, 0.15) is 19.4 Å². The van der Waals surface area contributed by atoms with E-state index in [1.54, 1.807) is 18.2 Å². The van der Waals surface area contributed by atoms with Crippen LogP contribution in [0.2, 0.25) is 0 Å². The second-order valence-electron chi connectivity index (χ2n) is 5.75. The van der Waals surface area contributed by atoms with Gasteiger partial charge in [-0.05, 0) is 24.0 Å². The van der Waals surface area contributed by atoms with Gasteiger partial charge in [0.15, 0.2) is 0 Å². The van der Waals surface area contributed by atoms with Crippen LogP contribution >= 0.6 is 0 Å². The highest BCUT2D eigenvalue weighted by Crippen LogP contribution is 2.22. The smallest absolute Gasteiger partial charge is 0.137 e. The van der Waals surface area contributed by atoms with Gasteiger partial charge in [-0.25, -0.2) is 0 Å². The zero-order valence-corrected chi connectivity index (χ0v) is 12.1. The Labute approximate surface area is 120 Å². The van der Waals surface area contributed by atoms with Crippen molar-refractivity contribution < 1.29 is 9.84 Å². The van der Waals surface area contributed by atoms with Gasteiger partial charge in [0.25, 0.3) is 0 Å². The SMILES string of the molecule is CC1CN(CC(O)COc2ccccc2C#N)CC1C. The number of likely N-dealkylation sites (tertiary alicyclic amines) is 1. The molecule has 0 aliphatic carbocycles. The lowest BCUT2D eigenvalue weighted by molar-refractivity contribution is 0.0742. The summed E-state index contributed by atoms with van der Waals surface area (Å²) in [6.07, 6.45) is -0.528. The number of hydrogen-bond donors (Lipinski definition) is 1. The molecule has 3 unspecified atom stereocenters. The summed E-state index contributed by atoms with van der Waals surface area (Å²) in [5, 5.41) is 19.0. The second-order valence-corrected chi connectivity index (χ2v) is 5.75. The lowest BCUT2D eigenvalue weighted by atomic mass is 10.0. The first-order valence-electron chi connectivity index (χ1n) is 7.12. The minimum atomic E-state index is -0.528. The van der Waals surface area contributed by atoms with Gasteiger partial charge in [-0.1, -0.05) is 26.0 Å². The number of nitriles is 1. The summed E-state index contributed by atoms with van der Waals surface area (Å²) in [7, 11) is 0. The second kappa shape index (κ2) is 6.74. The fourth-order valence-corrected chi connectivity index (χ4v) is 2.62. The van der Waals surface area contributed by atoms with Crippen molar-refractivity contribution in [3.05, 3.63) is 29.8 Å². The Morgan fingerprint density at radius 3 is 2.65 bits per heavy atom. The molecule has 4 heteroatoms. The van der Waals surface area contributed by atoms with E-state index >= 15 is 0 Å². The normalized spacial score (nSPS) is 24.3.